The molecule has 1 saturated heterocycles. The van der Waals surface area contributed by atoms with E-state index in [-0.39, 0.29) is 18.2 Å². The van der Waals surface area contributed by atoms with E-state index >= 15 is 0 Å². The first-order valence-corrected chi connectivity index (χ1v) is 5.51. The fourth-order valence-corrected chi connectivity index (χ4v) is 1.81. The van der Waals surface area contributed by atoms with Crippen LogP contribution in [-0.4, -0.2) is 24.2 Å². The van der Waals surface area contributed by atoms with Gasteiger partial charge < -0.3 is 10.1 Å². The summed E-state index contributed by atoms with van der Waals surface area (Å²) in [6.07, 6.45) is 0.810. The summed E-state index contributed by atoms with van der Waals surface area (Å²) in [5, 5.41) is 13.6. The van der Waals surface area contributed by atoms with Crippen LogP contribution in [0.3, 0.4) is 0 Å². The maximum atomic E-state index is 13.4. The Morgan fingerprint density at radius 2 is 2.22 bits per heavy atom. The molecule has 1 aromatic carbocycles. The standard InChI is InChI=1S/C11H12F2N2O3/c12-9-4-10(13)11(15(16)17)3-7(9)5-14-8-1-2-18-6-8/h3-4,8,14H,1-2,5-6H2. The summed E-state index contributed by atoms with van der Waals surface area (Å²) < 4.78 is 31.7. The summed E-state index contributed by atoms with van der Waals surface area (Å²) in [6, 6.07) is 1.57. The second-order valence-electron chi connectivity index (χ2n) is 4.09. The van der Waals surface area contributed by atoms with Gasteiger partial charge in [0.1, 0.15) is 5.82 Å². The number of nitrogens with one attached hydrogen (secondary N) is 1. The molecule has 5 nitrogen and oxygen atoms in total. The average molecular weight is 258 g/mol. The number of rotatable bonds is 4. The predicted octanol–water partition coefficient (Wildman–Crippen LogP) is 1.75. The third-order valence-electron chi connectivity index (χ3n) is 2.82. The number of nitro groups is 1. The molecule has 2 rings (SSSR count). The Balaban J connectivity index is 2.11. The maximum Gasteiger partial charge on any atom is 0.305 e. The minimum absolute atomic E-state index is 0.0787. The van der Waals surface area contributed by atoms with Crippen LogP contribution >= 0.6 is 0 Å². The molecule has 1 fully saturated rings. The van der Waals surface area contributed by atoms with Crippen LogP contribution in [0.4, 0.5) is 14.5 Å². The normalized spacial score (nSPS) is 19.1. The van der Waals surface area contributed by atoms with Crippen molar-refractivity contribution in [3.05, 3.63) is 39.4 Å². The van der Waals surface area contributed by atoms with Gasteiger partial charge in [0, 0.05) is 36.9 Å². The van der Waals surface area contributed by atoms with E-state index in [0.29, 0.717) is 19.3 Å². The third-order valence-corrected chi connectivity index (χ3v) is 2.82. The smallest absolute Gasteiger partial charge is 0.305 e. The molecule has 1 aromatic rings. The highest BCUT2D eigenvalue weighted by Crippen LogP contribution is 2.21. The van der Waals surface area contributed by atoms with Crippen molar-refractivity contribution >= 4 is 5.69 Å². The molecular weight excluding hydrogens is 246 g/mol. The first-order chi connectivity index (χ1) is 8.58. The third kappa shape index (κ3) is 2.80. The van der Waals surface area contributed by atoms with Crippen LogP contribution in [-0.2, 0) is 11.3 Å². The molecule has 0 radical (unpaired) electrons. The Morgan fingerprint density at radius 1 is 1.44 bits per heavy atom. The van der Waals surface area contributed by atoms with Crippen LogP contribution in [0.5, 0.6) is 0 Å². The highest BCUT2D eigenvalue weighted by molar-refractivity contribution is 5.37. The number of benzene rings is 1. The van der Waals surface area contributed by atoms with E-state index in [1.165, 1.54) is 0 Å². The van der Waals surface area contributed by atoms with Gasteiger partial charge in [-0.05, 0) is 6.42 Å². The predicted molar refractivity (Wildman–Crippen MR) is 59.1 cm³/mol. The number of hydrogen-bond acceptors (Lipinski definition) is 4. The first-order valence-electron chi connectivity index (χ1n) is 5.51. The molecule has 0 spiro atoms. The van der Waals surface area contributed by atoms with Gasteiger partial charge in [0.05, 0.1) is 11.5 Å². The number of nitro benzene ring substituents is 1. The van der Waals surface area contributed by atoms with Crippen molar-refractivity contribution in [3.8, 4) is 0 Å². The van der Waals surface area contributed by atoms with Crippen LogP contribution in [0.15, 0.2) is 12.1 Å². The second-order valence-corrected chi connectivity index (χ2v) is 4.09. The van der Waals surface area contributed by atoms with Crippen LogP contribution < -0.4 is 5.32 Å². The molecule has 18 heavy (non-hydrogen) atoms. The zero-order chi connectivity index (χ0) is 13.1. The molecule has 98 valence electrons. The van der Waals surface area contributed by atoms with Gasteiger partial charge in [-0.15, -0.1) is 0 Å². The summed E-state index contributed by atoms with van der Waals surface area (Å²) >= 11 is 0. The maximum absolute atomic E-state index is 13.4. The zero-order valence-electron chi connectivity index (χ0n) is 9.49. The van der Waals surface area contributed by atoms with Crippen molar-refractivity contribution in [1.29, 1.82) is 0 Å². The van der Waals surface area contributed by atoms with Gasteiger partial charge in [-0.1, -0.05) is 0 Å². The fraction of sp³-hybridized carbons (Fsp3) is 0.455. The summed E-state index contributed by atoms with van der Waals surface area (Å²) in [5.74, 6) is -1.95. The van der Waals surface area contributed by atoms with Crippen LogP contribution in [0.1, 0.15) is 12.0 Å². The lowest BCUT2D eigenvalue weighted by Crippen LogP contribution is -2.29. The number of halogens is 2. The molecule has 1 aliphatic heterocycles. The molecule has 0 amide bonds. The van der Waals surface area contributed by atoms with E-state index in [2.05, 4.69) is 5.32 Å². The number of nitrogens with zero attached hydrogens (tertiary/aromatic N) is 1. The highest BCUT2D eigenvalue weighted by Gasteiger charge is 2.20. The highest BCUT2D eigenvalue weighted by atomic mass is 19.1. The molecule has 7 heteroatoms. The summed E-state index contributed by atoms with van der Waals surface area (Å²) in [5.41, 5.74) is -0.633. The Kier molecular flexibility index (Phi) is 3.83. The van der Waals surface area contributed by atoms with Gasteiger partial charge >= 0.3 is 5.69 Å². The van der Waals surface area contributed by atoms with Crippen molar-refractivity contribution < 1.29 is 18.4 Å². The van der Waals surface area contributed by atoms with Crippen molar-refractivity contribution in [2.45, 2.75) is 19.0 Å². The zero-order valence-corrected chi connectivity index (χ0v) is 9.49. The quantitative estimate of drug-likeness (QED) is 0.660. The Labute approximate surface area is 102 Å². The van der Waals surface area contributed by atoms with E-state index in [1.54, 1.807) is 0 Å². The molecule has 0 aromatic heterocycles. The Bertz CT molecular complexity index is 462. The van der Waals surface area contributed by atoms with Gasteiger partial charge in [-0.3, -0.25) is 10.1 Å². The molecule has 1 aliphatic rings. The molecule has 1 unspecified atom stereocenters. The van der Waals surface area contributed by atoms with E-state index < -0.39 is 22.2 Å². The molecule has 1 heterocycles. The topological polar surface area (TPSA) is 64.4 Å². The lowest BCUT2D eigenvalue weighted by atomic mass is 10.1. The molecule has 1 atom stereocenters. The summed E-state index contributed by atoms with van der Waals surface area (Å²) in [4.78, 5) is 9.68. The number of ether oxygens (including phenoxy) is 1. The van der Waals surface area contributed by atoms with Gasteiger partial charge in [0.15, 0.2) is 0 Å². The van der Waals surface area contributed by atoms with Gasteiger partial charge in [-0.25, -0.2) is 4.39 Å². The summed E-state index contributed by atoms with van der Waals surface area (Å²) in [6.45, 7) is 1.29. The largest absolute Gasteiger partial charge is 0.380 e. The molecular formula is C11H12F2N2O3. The van der Waals surface area contributed by atoms with Crippen LogP contribution in [0.2, 0.25) is 0 Å². The lowest BCUT2D eigenvalue weighted by molar-refractivity contribution is -0.387. The van der Waals surface area contributed by atoms with Crippen molar-refractivity contribution in [2.24, 2.45) is 0 Å². The SMILES string of the molecule is O=[N+]([O-])c1cc(CNC2CCOC2)c(F)cc1F. The molecule has 0 bridgehead atoms. The molecule has 0 aliphatic carbocycles. The average Bonchev–Trinajstić information content (AvgIpc) is 2.80. The molecule has 1 N–H and O–H groups in total. The minimum Gasteiger partial charge on any atom is -0.380 e. The van der Waals surface area contributed by atoms with Gasteiger partial charge in [0.25, 0.3) is 0 Å². The van der Waals surface area contributed by atoms with Crippen molar-refractivity contribution in [2.75, 3.05) is 13.2 Å². The van der Waals surface area contributed by atoms with E-state index in [1.807, 2.05) is 0 Å². The van der Waals surface area contributed by atoms with Crippen molar-refractivity contribution in [3.63, 3.8) is 0 Å². The van der Waals surface area contributed by atoms with E-state index in [4.69, 9.17) is 4.74 Å². The monoisotopic (exact) mass is 258 g/mol. The Morgan fingerprint density at radius 3 is 2.83 bits per heavy atom. The van der Waals surface area contributed by atoms with Crippen LogP contribution in [0.25, 0.3) is 0 Å². The summed E-state index contributed by atoms with van der Waals surface area (Å²) in [7, 11) is 0. The fourth-order valence-electron chi connectivity index (χ4n) is 1.81. The minimum atomic E-state index is -1.16. The second kappa shape index (κ2) is 5.36. The van der Waals surface area contributed by atoms with E-state index in [9.17, 15) is 18.9 Å². The van der Waals surface area contributed by atoms with Gasteiger partial charge in [0.2, 0.25) is 5.82 Å². The molecule has 0 saturated carbocycles. The van der Waals surface area contributed by atoms with E-state index in [0.717, 1.165) is 12.5 Å². The number of hydrogen-bond donors (Lipinski definition) is 1. The lowest BCUT2D eigenvalue weighted by Gasteiger charge is -2.11. The van der Waals surface area contributed by atoms with Crippen molar-refractivity contribution in [1.82, 2.24) is 5.32 Å². The first kappa shape index (κ1) is 12.8. The Hall–Kier alpha value is -1.60. The van der Waals surface area contributed by atoms with Gasteiger partial charge in [-0.2, -0.15) is 4.39 Å². The van der Waals surface area contributed by atoms with Crippen LogP contribution in [0, 0.1) is 21.7 Å².